The Morgan fingerprint density at radius 1 is 0.415 bits per heavy atom. The zero-order valence-corrected chi connectivity index (χ0v) is 35.8. The second-order valence-electron chi connectivity index (χ2n) is 17.5. The number of aromatic nitrogens is 1. The van der Waals surface area contributed by atoms with Gasteiger partial charge in [0.05, 0.1) is 22.1 Å². The van der Waals surface area contributed by atoms with Crippen molar-refractivity contribution >= 4 is 92.3 Å². The highest BCUT2D eigenvalue weighted by molar-refractivity contribution is 7.25. The monoisotopic (exact) mass is 844 g/mol. The summed E-state index contributed by atoms with van der Waals surface area (Å²) in [6, 6.07) is 80.8. The van der Waals surface area contributed by atoms with Crippen LogP contribution in [0.4, 0.5) is 17.1 Å². The minimum absolute atomic E-state index is 0.460. The number of rotatable bonds is 4. The normalized spacial score (nSPS) is 13.4. The van der Waals surface area contributed by atoms with Gasteiger partial charge in [-0.2, -0.15) is 0 Å². The van der Waals surface area contributed by atoms with Crippen LogP contribution in [0.1, 0.15) is 22.3 Å². The molecule has 0 atom stereocenters. The van der Waals surface area contributed by atoms with Crippen molar-refractivity contribution < 1.29 is 4.42 Å². The summed E-state index contributed by atoms with van der Waals surface area (Å²) in [4.78, 5) is 2.52. The summed E-state index contributed by atoms with van der Waals surface area (Å²) < 4.78 is 11.8. The van der Waals surface area contributed by atoms with E-state index in [1.807, 2.05) is 11.3 Å². The fraction of sp³-hybridized carbons (Fsp3) is 0.0164. The molecule has 0 bridgehead atoms. The van der Waals surface area contributed by atoms with Crippen molar-refractivity contribution in [3.05, 3.63) is 241 Å². The number of hydrogen-bond donors (Lipinski definition) is 0. The molecule has 0 N–H and O–H groups in total. The Labute approximate surface area is 378 Å². The van der Waals surface area contributed by atoms with Gasteiger partial charge in [0.15, 0.2) is 5.58 Å². The zero-order valence-electron chi connectivity index (χ0n) is 35.0. The summed E-state index contributed by atoms with van der Waals surface area (Å²) in [6.45, 7) is 0. The van der Waals surface area contributed by atoms with E-state index in [-0.39, 0.29) is 0 Å². The standard InChI is InChI=1S/C61H36N2OS/c1-2-15-37(16-3-1)63-54-35-38(29-31-42(54)46-33-34-47-43-19-7-12-27-55(43)64-60(47)59(46)63)62(39-30-32-45-44-20-8-13-28-56(44)65-57(45)36-39)53-26-14-25-52-58(53)48-21-6-11-24-51(48)61(52)49-22-9-4-17-40(49)41-18-5-10-23-50(41)61/h1-36H. The first-order chi connectivity index (χ1) is 32.3. The fourth-order valence-corrected chi connectivity index (χ4v) is 13.0. The van der Waals surface area contributed by atoms with Crippen LogP contribution in [0, 0.1) is 0 Å². The molecule has 0 radical (unpaired) electrons. The van der Waals surface area contributed by atoms with E-state index in [4.69, 9.17) is 4.42 Å². The molecule has 2 aliphatic carbocycles. The summed E-state index contributed by atoms with van der Waals surface area (Å²) in [7, 11) is 0. The maximum Gasteiger partial charge on any atom is 0.160 e. The molecule has 3 aromatic heterocycles. The Morgan fingerprint density at radius 2 is 1.00 bits per heavy atom. The first kappa shape index (κ1) is 35.3. The van der Waals surface area contributed by atoms with Gasteiger partial charge in [-0.05, 0) is 99.6 Å². The second kappa shape index (κ2) is 12.9. The van der Waals surface area contributed by atoms with E-state index in [1.54, 1.807) is 0 Å². The number of nitrogens with zero attached hydrogens (tertiary/aromatic N) is 2. The third-order valence-corrected chi connectivity index (χ3v) is 15.5. The van der Waals surface area contributed by atoms with Gasteiger partial charge in [0.25, 0.3) is 0 Å². The van der Waals surface area contributed by atoms with Gasteiger partial charge in [-0.25, -0.2) is 0 Å². The molecule has 2 aliphatic rings. The highest BCUT2D eigenvalue weighted by atomic mass is 32.1. The number of thiophene rings is 1. The summed E-state index contributed by atoms with van der Waals surface area (Å²) >= 11 is 1.86. The van der Waals surface area contributed by atoms with Crippen LogP contribution in [0.15, 0.2) is 223 Å². The molecule has 1 spiro atoms. The number of fused-ring (bicyclic) bond motifs is 20. The fourth-order valence-electron chi connectivity index (χ4n) is 11.8. The zero-order chi connectivity index (χ0) is 42.4. The van der Waals surface area contributed by atoms with Crippen LogP contribution in [0.3, 0.4) is 0 Å². The second-order valence-corrected chi connectivity index (χ2v) is 18.6. The van der Waals surface area contributed by atoms with E-state index in [2.05, 4.69) is 228 Å². The summed E-state index contributed by atoms with van der Waals surface area (Å²) in [5.74, 6) is 0. The number of benzene rings is 10. The van der Waals surface area contributed by atoms with Crippen LogP contribution in [-0.2, 0) is 5.41 Å². The number of hydrogen-bond acceptors (Lipinski definition) is 3. The van der Waals surface area contributed by atoms with Gasteiger partial charge in [0.1, 0.15) is 5.58 Å². The van der Waals surface area contributed by atoms with Gasteiger partial charge in [0, 0.05) is 64.3 Å². The van der Waals surface area contributed by atoms with Crippen molar-refractivity contribution in [2.75, 3.05) is 4.90 Å². The quantitative estimate of drug-likeness (QED) is 0.176. The lowest BCUT2D eigenvalue weighted by molar-refractivity contribution is 0.671. The molecule has 0 saturated heterocycles. The van der Waals surface area contributed by atoms with Gasteiger partial charge < -0.3 is 13.9 Å². The molecular weight excluding hydrogens is 809 g/mol. The number of anilines is 3. The number of para-hydroxylation sites is 2. The third-order valence-electron chi connectivity index (χ3n) is 14.4. The Morgan fingerprint density at radius 3 is 1.80 bits per heavy atom. The summed E-state index contributed by atoms with van der Waals surface area (Å²) in [6.07, 6.45) is 0. The highest BCUT2D eigenvalue weighted by Gasteiger charge is 2.52. The van der Waals surface area contributed by atoms with Crippen molar-refractivity contribution in [1.82, 2.24) is 4.57 Å². The largest absolute Gasteiger partial charge is 0.454 e. The minimum Gasteiger partial charge on any atom is -0.454 e. The topological polar surface area (TPSA) is 21.3 Å². The van der Waals surface area contributed by atoms with Crippen molar-refractivity contribution in [1.29, 1.82) is 0 Å². The minimum atomic E-state index is -0.460. The molecule has 13 aromatic rings. The average Bonchev–Trinajstić information content (AvgIpc) is 4.16. The maximum absolute atomic E-state index is 6.79. The summed E-state index contributed by atoms with van der Waals surface area (Å²) in [5, 5.41) is 7.17. The Hall–Kier alpha value is -8.18. The van der Waals surface area contributed by atoms with E-state index in [9.17, 15) is 0 Å². The average molecular weight is 845 g/mol. The summed E-state index contributed by atoms with van der Waals surface area (Å²) in [5.41, 5.74) is 18.4. The first-order valence-corrected chi connectivity index (χ1v) is 23.2. The van der Waals surface area contributed by atoms with Crippen molar-refractivity contribution in [3.8, 4) is 27.9 Å². The van der Waals surface area contributed by atoms with Gasteiger partial charge in [-0.3, -0.25) is 0 Å². The van der Waals surface area contributed by atoms with E-state index in [0.29, 0.717) is 0 Å². The van der Waals surface area contributed by atoms with Crippen molar-refractivity contribution in [2.24, 2.45) is 0 Å². The van der Waals surface area contributed by atoms with Crippen LogP contribution in [0.5, 0.6) is 0 Å². The highest BCUT2D eigenvalue weighted by Crippen LogP contribution is 2.64. The molecule has 4 heteroatoms. The van der Waals surface area contributed by atoms with E-state index in [0.717, 1.165) is 61.1 Å². The number of furan rings is 1. The molecule has 15 rings (SSSR count). The van der Waals surface area contributed by atoms with Crippen LogP contribution in [0.25, 0.3) is 91.9 Å². The van der Waals surface area contributed by atoms with Gasteiger partial charge >= 0.3 is 0 Å². The first-order valence-electron chi connectivity index (χ1n) is 22.3. The molecular formula is C61H36N2OS. The molecule has 3 nitrogen and oxygen atoms in total. The van der Waals surface area contributed by atoms with Crippen LogP contribution < -0.4 is 4.90 Å². The lowest BCUT2D eigenvalue weighted by atomic mass is 9.70. The lowest BCUT2D eigenvalue weighted by Crippen LogP contribution is -2.26. The van der Waals surface area contributed by atoms with Crippen molar-refractivity contribution in [2.45, 2.75) is 5.41 Å². The molecule has 3 heterocycles. The van der Waals surface area contributed by atoms with Gasteiger partial charge in [-0.15, -0.1) is 11.3 Å². The Kier molecular flexibility index (Phi) is 7.03. The Balaban J connectivity index is 1.05. The third kappa shape index (κ3) is 4.58. The van der Waals surface area contributed by atoms with Crippen LogP contribution in [0.2, 0.25) is 0 Å². The maximum atomic E-state index is 6.79. The van der Waals surface area contributed by atoms with E-state index in [1.165, 1.54) is 70.1 Å². The van der Waals surface area contributed by atoms with Crippen molar-refractivity contribution in [3.63, 3.8) is 0 Å². The predicted molar refractivity (Wildman–Crippen MR) is 272 cm³/mol. The van der Waals surface area contributed by atoms with Crippen LogP contribution in [-0.4, -0.2) is 4.57 Å². The molecule has 302 valence electrons. The van der Waals surface area contributed by atoms with Gasteiger partial charge in [0.2, 0.25) is 0 Å². The molecule has 0 saturated carbocycles. The van der Waals surface area contributed by atoms with Gasteiger partial charge in [-0.1, -0.05) is 158 Å². The van der Waals surface area contributed by atoms with E-state index < -0.39 is 5.41 Å². The lowest BCUT2D eigenvalue weighted by Gasteiger charge is -2.32. The smallest absolute Gasteiger partial charge is 0.160 e. The SMILES string of the molecule is c1ccc(-n2c3cc(N(c4ccc5c(c4)sc4ccccc45)c4cccc5c4-c4ccccc4C54c5ccccc5-c5ccccc54)ccc3c3ccc4c5ccccc5oc4c32)cc1. The molecule has 10 aromatic carbocycles. The predicted octanol–water partition coefficient (Wildman–Crippen LogP) is 16.9. The van der Waals surface area contributed by atoms with Crippen LogP contribution >= 0.6 is 11.3 Å². The Bertz CT molecular complexity index is 4110. The molecule has 0 aliphatic heterocycles. The molecule has 0 fully saturated rings. The van der Waals surface area contributed by atoms with E-state index >= 15 is 0 Å². The molecule has 0 unspecified atom stereocenters. The molecule has 0 amide bonds. The molecule has 65 heavy (non-hydrogen) atoms.